The first-order chi connectivity index (χ1) is 9.29. The van der Waals surface area contributed by atoms with E-state index < -0.39 is 15.0 Å². The van der Waals surface area contributed by atoms with Crippen LogP contribution in [0.15, 0.2) is 17.2 Å². The molecule has 7 heteroatoms. The molecule has 0 N–H and O–H groups in total. The molecule has 0 bridgehead atoms. The Balaban J connectivity index is 2.15. The molecule has 1 saturated carbocycles. The average Bonchev–Trinajstić information content (AvgIpc) is 3.02. The van der Waals surface area contributed by atoms with Gasteiger partial charge in [0.2, 0.25) is 0 Å². The third kappa shape index (κ3) is 3.76. The van der Waals surface area contributed by atoms with Gasteiger partial charge in [-0.15, -0.1) is 0 Å². The highest BCUT2D eigenvalue weighted by atomic mass is 35.7. The van der Waals surface area contributed by atoms with Crippen molar-refractivity contribution in [2.24, 2.45) is 5.92 Å². The molecule has 1 aromatic rings. The molecule has 0 amide bonds. The van der Waals surface area contributed by atoms with Crippen molar-refractivity contribution in [1.29, 1.82) is 0 Å². The van der Waals surface area contributed by atoms with Crippen LogP contribution >= 0.6 is 10.7 Å². The topological polar surface area (TPSA) is 65.4 Å². The highest BCUT2D eigenvalue weighted by Gasteiger charge is 2.24. The Bertz CT molecular complexity index is 602. The Labute approximate surface area is 123 Å². The van der Waals surface area contributed by atoms with Gasteiger partial charge in [-0.25, -0.2) is 13.2 Å². The van der Waals surface area contributed by atoms with Crippen molar-refractivity contribution in [3.63, 3.8) is 0 Å². The lowest BCUT2D eigenvalue weighted by atomic mass is 10.3. The van der Waals surface area contributed by atoms with Gasteiger partial charge in [-0.05, 0) is 32.3 Å². The van der Waals surface area contributed by atoms with Crippen molar-refractivity contribution >= 4 is 25.7 Å². The minimum Gasteiger partial charge on any atom is -0.461 e. The minimum atomic E-state index is -3.85. The predicted molar refractivity (Wildman–Crippen MR) is 75.5 cm³/mol. The summed E-state index contributed by atoms with van der Waals surface area (Å²) in [5, 5.41) is 0. The summed E-state index contributed by atoms with van der Waals surface area (Å²) in [6, 6.07) is 1.20. The number of esters is 1. The maximum absolute atomic E-state index is 12.0. The fourth-order valence-corrected chi connectivity index (χ4v) is 2.72. The van der Waals surface area contributed by atoms with Gasteiger partial charge < -0.3 is 9.30 Å². The molecule has 20 heavy (non-hydrogen) atoms. The van der Waals surface area contributed by atoms with Crippen molar-refractivity contribution in [2.75, 3.05) is 6.61 Å². The van der Waals surface area contributed by atoms with E-state index in [1.54, 1.807) is 4.57 Å². The molecule has 0 spiro atoms. The first-order valence-corrected chi connectivity index (χ1v) is 8.93. The van der Waals surface area contributed by atoms with Gasteiger partial charge in [-0.1, -0.05) is 12.8 Å². The summed E-state index contributed by atoms with van der Waals surface area (Å²) >= 11 is 0. The zero-order chi connectivity index (χ0) is 14.9. The zero-order valence-corrected chi connectivity index (χ0v) is 13.1. The molecule has 1 aliphatic carbocycles. The van der Waals surface area contributed by atoms with E-state index in [4.69, 9.17) is 15.4 Å². The number of aromatic nitrogens is 1. The molecule has 0 unspecified atom stereocenters. The molecule has 2 rings (SSSR count). The monoisotopic (exact) mass is 319 g/mol. The second kappa shape index (κ2) is 5.77. The highest BCUT2D eigenvalue weighted by Crippen LogP contribution is 2.32. The molecular weight excluding hydrogens is 302 g/mol. The van der Waals surface area contributed by atoms with E-state index in [9.17, 15) is 13.2 Å². The highest BCUT2D eigenvalue weighted by molar-refractivity contribution is 8.13. The van der Waals surface area contributed by atoms with E-state index in [0.717, 1.165) is 6.42 Å². The van der Waals surface area contributed by atoms with Crippen molar-refractivity contribution < 1.29 is 17.9 Å². The number of rotatable bonds is 6. The molecule has 0 aromatic carbocycles. The van der Waals surface area contributed by atoms with Crippen molar-refractivity contribution in [3.8, 4) is 0 Å². The van der Waals surface area contributed by atoms with Crippen LogP contribution in [0.5, 0.6) is 0 Å². The Hall–Kier alpha value is -1.01. The van der Waals surface area contributed by atoms with Crippen molar-refractivity contribution in [2.45, 2.75) is 44.0 Å². The summed E-state index contributed by atoms with van der Waals surface area (Å²) < 4.78 is 29.5. The van der Waals surface area contributed by atoms with Gasteiger partial charge in [-0.2, -0.15) is 0 Å². The van der Waals surface area contributed by atoms with Crippen LogP contribution in [0.25, 0.3) is 0 Å². The Morgan fingerprint density at radius 3 is 2.65 bits per heavy atom. The molecule has 0 aliphatic heterocycles. The molecular formula is C13H18ClNO4S. The van der Waals surface area contributed by atoms with Crippen molar-refractivity contribution in [3.05, 3.63) is 18.0 Å². The first-order valence-electron chi connectivity index (χ1n) is 6.62. The number of hydrogen-bond donors (Lipinski definition) is 0. The normalized spacial score (nSPS) is 15.6. The molecule has 112 valence electrons. The fourth-order valence-electron chi connectivity index (χ4n) is 1.98. The van der Waals surface area contributed by atoms with Crippen LogP contribution in [-0.4, -0.2) is 25.6 Å². The maximum atomic E-state index is 12.0. The molecule has 5 nitrogen and oxygen atoms in total. The van der Waals surface area contributed by atoms with E-state index >= 15 is 0 Å². The van der Waals surface area contributed by atoms with E-state index in [1.807, 2.05) is 13.8 Å². The van der Waals surface area contributed by atoms with Gasteiger partial charge in [0.15, 0.2) is 0 Å². The fraction of sp³-hybridized carbons (Fsp3) is 0.615. The van der Waals surface area contributed by atoms with E-state index in [2.05, 4.69) is 0 Å². The second-order valence-electron chi connectivity index (χ2n) is 5.37. The van der Waals surface area contributed by atoms with Crippen LogP contribution in [0, 0.1) is 5.92 Å². The van der Waals surface area contributed by atoms with Crippen LogP contribution in [0.4, 0.5) is 0 Å². The average molecular weight is 320 g/mol. The smallest absolute Gasteiger partial charge is 0.354 e. The Kier molecular flexibility index (Phi) is 4.44. The molecule has 1 aromatic heterocycles. The van der Waals surface area contributed by atoms with Gasteiger partial charge in [0.1, 0.15) is 10.6 Å². The second-order valence-corrected chi connectivity index (χ2v) is 7.93. The number of carbonyl (C=O) groups excluding carboxylic acids is 1. The van der Waals surface area contributed by atoms with Crippen molar-refractivity contribution in [1.82, 2.24) is 4.57 Å². The number of halogens is 1. The third-order valence-corrected chi connectivity index (χ3v) is 4.65. The van der Waals surface area contributed by atoms with Gasteiger partial charge in [-0.3, -0.25) is 0 Å². The summed E-state index contributed by atoms with van der Waals surface area (Å²) in [7, 11) is 1.46. The lowest BCUT2D eigenvalue weighted by molar-refractivity contribution is 0.0480. The van der Waals surface area contributed by atoms with Gasteiger partial charge in [0.25, 0.3) is 9.05 Å². The zero-order valence-electron chi connectivity index (χ0n) is 11.5. The number of ether oxygens (including phenoxy) is 1. The molecule has 0 atom stereocenters. The molecule has 1 heterocycles. The Morgan fingerprint density at radius 2 is 2.15 bits per heavy atom. The summed E-state index contributed by atoms with van der Waals surface area (Å²) in [6.45, 7) is 4.08. The van der Waals surface area contributed by atoms with Crippen LogP contribution in [0.2, 0.25) is 0 Å². The molecule has 1 fully saturated rings. The summed E-state index contributed by atoms with van der Waals surface area (Å²) in [6.07, 6.45) is 4.64. The lowest BCUT2D eigenvalue weighted by Crippen LogP contribution is -2.14. The molecule has 0 saturated heterocycles. The minimum absolute atomic E-state index is 0.0619. The molecule has 1 aliphatic rings. The largest absolute Gasteiger partial charge is 0.461 e. The maximum Gasteiger partial charge on any atom is 0.354 e. The van der Waals surface area contributed by atoms with E-state index in [1.165, 1.54) is 25.1 Å². The number of nitrogens with zero attached hydrogens (tertiary/aromatic N) is 1. The summed E-state index contributed by atoms with van der Waals surface area (Å²) in [5.41, 5.74) is 0.218. The van der Waals surface area contributed by atoms with E-state index in [0.29, 0.717) is 12.5 Å². The van der Waals surface area contributed by atoms with Crippen LogP contribution in [0.3, 0.4) is 0 Å². The van der Waals surface area contributed by atoms with Gasteiger partial charge in [0.05, 0.1) is 6.61 Å². The van der Waals surface area contributed by atoms with Crippen LogP contribution in [0.1, 0.15) is 49.6 Å². The SMILES string of the molecule is CC(C)n1cc(S(=O)(=O)Cl)cc1C(=O)OCCC1CC1. The van der Waals surface area contributed by atoms with Crippen LogP contribution < -0.4 is 0 Å². The van der Waals surface area contributed by atoms with Gasteiger partial charge >= 0.3 is 5.97 Å². The number of carbonyl (C=O) groups is 1. The van der Waals surface area contributed by atoms with Crippen LogP contribution in [-0.2, 0) is 13.8 Å². The third-order valence-electron chi connectivity index (χ3n) is 3.33. The summed E-state index contributed by atoms with van der Waals surface area (Å²) in [5.74, 6) is 0.171. The van der Waals surface area contributed by atoms with Gasteiger partial charge in [0, 0.05) is 22.9 Å². The standard InChI is InChI=1S/C13H18ClNO4S/c1-9(2)15-8-11(20(14,17)18)7-12(15)13(16)19-6-5-10-3-4-10/h7-10H,3-6H2,1-2H3. The number of hydrogen-bond acceptors (Lipinski definition) is 4. The molecule has 0 radical (unpaired) electrons. The van der Waals surface area contributed by atoms with E-state index in [-0.39, 0.29) is 16.6 Å². The quantitative estimate of drug-likeness (QED) is 0.597. The lowest BCUT2D eigenvalue weighted by Gasteiger charge is -2.12. The Morgan fingerprint density at radius 1 is 1.50 bits per heavy atom. The predicted octanol–water partition coefficient (Wildman–Crippen LogP) is 2.95. The first kappa shape index (κ1) is 15.4. The summed E-state index contributed by atoms with van der Waals surface area (Å²) in [4.78, 5) is 11.9.